The van der Waals surface area contributed by atoms with E-state index in [1.165, 1.54) is 0 Å². The van der Waals surface area contributed by atoms with E-state index in [1.54, 1.807) is 30.3 Å². The Labute approximate surface area is 165 Å². The fourth-order valence-corrected chi connectivity index (χ4v) is 2.96. The van der Waals surface area contributed by atoms with Gasteiger partial charge in [-0.2, -0.15) is 0 Å². The van der Waals surface area contributed by atoms with Crippen molar-refractivity contribution in [3.05, 3.63) is 59.7 Å². The van der Waals surface area contributed by atoms with Gasteiger partial charge in [-0.15, -0.1) is 10.2 Å². The summed E-state index contributed by atoms with van der Waals surface area (Å²) < 4.78 is 21.2. The van der Waals surface area contributed by atoms with Crippen molar-refractivity contribution in [1.82, 2.24) is 10.2 Å². The van der Waals surface area contributed by atoms with Crippen LogP contribution >= 0.6 is 0 Å². The third-order valence-corrected chi connectivity index (χ3v) is 4.45. The van der Waals surface area contributed by atoms with Gasteiger partial charge in [-0.05, 0) is 48.0 Å². The molecule has 146 valence electrons. The van der Waals surface area contributed by atoms with Crippen molar-refractivity contribution in [3.8, 4) is 23.0 Å². The number of carbonyl (C=O) groups is 1. The molecule has 9 nitrogen and oxygen atoms in total. The van der Waals surface area contributed by atoms with Crippen molar-refractivity contribution >= 4 is 17.5 Å². The largest absolute Gasteiger partial charge is 0.454 e. The van der Waals surface area contributed by atoms with E-state index in [4.69, 9.17) is 18.9 Å². The highest BCUT2D eigenvalue weighted by molar-refractivity contribution is 6.04. The lowest BCUT2D eigenvalue weighted by Gasteiger charge is -2.08. The summed E-state index contributed by atoms with van der Waals surface area (Å²) in [5, 5.41) is 14.0. The molecule has 0 radical (unpaired) electrons. The number of hydrogen-bond donors (Lipinski definition) is 2. The van der Waals surface area contributed by atoms with E-state index in [0.29, 0.717) is 35.2 Å². The van der Waals surface area contributed by atoms with Gasteiger partial charge in [0.2, 0.25) is 13.6 Å². The molecule has 0 saturated carbocycles. The van der Waals surface area contributed by atoms with Gasteiger partial charge in [0.15, 0.2) is 28.8 Å². The maximum Gasteiger partial charge on any atom is 0.257 e. The first-order chi connectivity index (χ1) is 14.2. The number of anilines is 2. The lowest BCUT2D eigenvalue weighted by molar-refractivity contribution is 0.102. The van der Waals surface area contributed by atoms with E-state index in [-0.39, 0.29) is 19.5 Å². The Kier molecular flexibility index (Phi) is 4.24. The molecule has 2 aromatic carbocycles. The van der Waals surface area contributed by atoms with E-state index < -0.39 is 0 Å². The molecule has 3 aromatic rings. The molecule has 1 amide bonds. The molecular weight excluding hydrogens is 376 g/mol. The molecule has 0 spiro atoms. The number of carbonyl (C=O) groups excluding carboxylic acids is 1. The number of amides is 1. The maximum atomic E-state index is 12.4. The fourth-order valence-electron chi connectivity index (χ4n) is 2.96. The van der Waals surface area contributed by atoms with Crippen LogP contribution in [0.5, 0.6) is 23.0 Å². The van der Waals surface area contributed by atoms with Gasteiger partial charge in [0, 0.05) is 12.1 Å². The minimum absolute atomic E-state index is 0.159. The molecule has 9 heteroatoms. The normalized spacial score (nSPS) is 13.2. The highest BCUT2D eigenvalue weighted by Gasteiger charge is 2.17. The summed E-state index contributed by atoms with van der Waals surface area (Å²) in [7, 11) is 0. The van der Waals surface area contributed by atoms with Gasteiger partial charge >= 0.3 is 0 Å². The van der Waals surface area contributed by atoms with Crippen LogP contribution in [0, 0.1) is 0 Å². The molecule has 0 saturated heterocycles. The van der Waals surface area contributed by atoms with Gasteiger partial charge in [0.25, 0.3) is 5.91 Å². The van der Waals surface area contributed by atoms with Crippen LogP contribution in [-0.2, 0) is 6.54 Å². The molecule has 0 bridgehead atoms. The van der Waals surface area contributed by atoms with Gasteiger partial charge in [-0.3, -0.25) is 4.79 Å². The number of hydrogen-bond acceptors (Lipinski definition) is 8. The van der Waals surface area contributed by atoms with Crippen molar-refractivity contribution in [2.75, 3.05) is 24.2 Å². The van der Waals surface area contributed by atoms with Crippen molar-refractivity contribution in [3.63, 3.8) is 0 Å². The third kappa shape index (κ3) is 3.57. The average molecular weight is 392 g/mol. The van der Waals surface area contributed by atoms with E-state index in [9.17, 15) is 4.79 Å². The molecule has 3 heterocycles. The van der Waals surface area contributed by atoms with Gasteiger partial charge < -0.3 is 29.6 Å². The average Bonchev–Trinajstić information content (AvgIpc) is 3.41. The number of aromatic nitrogens is 2. The summed E-state index contributed by atoms with van der Waals surface area (Å²) in [4.78, 5) is 12.4. The van der Waals surface area contributed by atoms with Crippen LogP contribution in [0.3, 0.4) is 0 Å². The van der Waals surface area contributed by atoms with Gasteiger partial charge in [0.1, 0.15) is 5.82 Å². The summed E-state index contributed by atoms with van der Waals surface area (Å²) in [6.07, 6.45) is 0. The molecule has 2 aliphatic heterocycles. The SMILES string of the molecule is O=C(Nc1ccc(NCc2ccc3c(c2)OCO3)nn1)c1ccc2c(c1)OCO2. The quantitative estimate of drug-likeness (QED) is 0.683. The molecule has 1 aromatic heterocycles. The first-order valence-corrected chi connectivity index (χ1v) is 8.92. The van der Waals surface area contributed by atoms with Crippen molar-refractivity contribution in [2.24, 2.45) is 0 Å². The zero-order valence-electron chi connectivity index (χ0n) is 15.2. The lowest BCUT2D eigenvalue weighted by atomic mass is 10.2. The number of nitrogens with zero attached hydrogens (tertiary/aromatic N) is 2. The number of rotatable bonds is 5. The van der Waals surface area contributed by atoms with Crippen molar-refractivity contribution < 1.29 is 23.7 Å². The Bertz CT molecular complexity index is 1070. The van der Waals surface area contributed by atoms with E-state index in [2.05, 4.69) is 20.8 Å². The second-order valence-corrected chi connectivity index (χ2v) is 6.37. The zero-order chi connectivity index (χ0) is 19.6. The Morgan fingerprint density at radius 3 is 2.21 bits per heavy atom. The monoisotopic (exact) mass is 392 g/mol. The number of benzene rings is 2. The highest BCUT2D eigenvalue weighted by Crippen LogP contribution is 2.33. The second kappa shape index (κ2) is 7.19. The predicted molar refractivity (Wildman–Crippen MR) is 102 cm³/mol. The summed E-state index contributed by atoms with van der Waals surface area (Å²) in [5.41, 5.74) is 1.47. The van der Waals surface area contributed by atoms with Crippen molar-refractivity contribution in [2.45, 2.75) is 6.54 Å². The second-order valence-electron chi connectivity index (χ2n) is 6.37. The molecule has 0 aliphatic carbocycles. The summed E-state index contributed by atoms with van der Waals surface area (Å²) in [6.45, 7) is 0.956. The van der Waals surface area contributed by atoms with Crippen LogP contribution < -0.4 is 29.6 Å². The minimum atomic E-state index is -0.307. The predicted octanol–water partition coefficient (Wildman–Crippen LogP) is 2.80. The van der Waals surface area contributed by atoms with E-state index in [1.807, 2.05) is 18.2 Å². The summed E-state index contributed by atoms with van der Waals surface area (Å²) in [5.74, 6) is 3.28. The van der Waals surface area contributed by atoms with Gasteiger partial charge in [-0.1, -0.05) is 6.07 Å². The molecule has 0 atom stereocenters. The third-order valence-electron chi connectivity index (χ3n) is 4.45. The smallest absolute Gasteiger partial charge is 0.257 e. The van der Waals surface area contributed by atoms with E-state index >= 15 is 0 Å². The maximum absolute atomic E-state index is 12.4. The van der Waals surface area contributed by atoms with Crippen LogP contribution in [-0.4, -0.2) is 29.7 Å². The Hall–Kier alpha value is -4.01. The Morgan fingerprint density at radius 1 is 0.793 bits per heavy atom. The molecular formula is C20H16N4O5. The van der Waals surface area contributed by atoms with Gasteiger partial charge in [-0.25, -0.2) is 0 Å². The Balaban J connectivity index is 1.19. The van der Waals surface area contributed by atoms with Crippen LogP contribution in [0.4, 0.5) is 11.6 Å². The van der Waals surface area contributed by atoms with Crippen LogP contribution in [0.25, 0.3) is 0 Å². The molecule has 0 unspecified atom stereocenters. The zero-order valence-corrected chi connectivity index (χ0v) is 15.2. The van der Waals surface area contributed by atoms with E-state index in [0.717, 1.165) is 17.1 Å². The molecule has 5 rings (SSSR count). The Morgan fingerprint density at radius 2 is 1.45 bits per heavy atom. The lowest BCUT2D eigenvalue weighted by Crippen LogP contribution is -2.13. The first-order valence-electron chi connectivity index (χ1n) is 8.92. The topological polar surface area (TPSA) is 104 Å². The number of nitrogens with one attached hydrogen (secondary N) is 2. The van der Waals surface area contributed by atoms with Crippen LogP contribution in [0.15, 0.2) is 48.5 Å². The number of ether oxygens (including phenoxy) is 4. The summed E-state index contributed by atoms with van der Waals surface area (Å²) in [6, 6.07) is 14.2. The molecule has 2 aliphatic rings. The highest BCUT2D eigenvalue weighted by atomic mass is 16.7. The fraction of sp³-hybridized carbons (Fsp3) is 0.150. The first kappa shape index (κ1) is 17.1. The van der Waals surface area contributed by atoms with Crippen molar-refractivity contribution in [1.29, 1.82) is 0 Å². The molecule has 0 fully saturated rings. The minimum Gasteiger partial charge on any atom is -0.454 e. The molecule has 29 heavy (non-hydrogen) atoms. The number of fused-ring (bicyclic) bond motifs is 2. The van der Waals surface area contributed by atoms with Crippen LogP contribution in [0.2, 0.25) is 0 Å². The molecule has 2 N–H and O–H groups in total. The standard InChI is InChI=1S/C20H16N4O5/c25-20(13-2-4-15-17(8-13)29-11-27-15)22-19-6-5-18(23-24-19)21-9-12-1-3-14-16(7-12)28-10-26-14/h1-8H,9-11H2,(H,21,23)(H,22,24,25). The van der Waals surface area contributed by atoms with Gasteiger partial charge in [0.05, 0.1) is 0 Å². The van der Waals surface area contributed by atoms with Crippen LogP contribution in [0.1, 0.15) is 15.9 Å². The summed E-state index contributed by atoms with van der Waals surface area (Å²) >= 11 is 0.